The van der Waals surface area contributed by atoms with Crippen LogP contribution in [0.5, 0.6) is 0 Å². The van der Waals surface area contributed by atoms with E-state index in [-0.39, 0.29) is 11.5 Å². The highest BCUT2D eigenvalue weighted by molar-refractivity contribution is 5.94. The van der Waals surface area contributed by atoms with Crippen LogP contribution in [0, 0.1) is 22.7 Å². The standard InChI is InChI=1S/C23H30N6O/c1-2-28(14-15-29-13-10-26-22(29)21(16-24)17-25)23(30)20-8-6-19(7-9-20)18-27-11-4-3-5-12-27/h6-9,26H,2-5,10-15,18H2,1H3. The molecule has 3 rings (SSSR count). The third-order valence-corrected chi connectivity index (χ3v) is 5.82. The molecule has 0 aliphatic carbocycles. The smallest absolute Gasteiger partial charge is 0.253 e. The lowest BCUT2D eigenvalue weighted by Gasteiger charge is -2.27. The highest BCUT2D eigenvalue weighted by atomic mass is 16.2. The second-order valence-corrected chi connectivity index (χ2v) is 7.78. The Morgan fingerprint density at radius 2 is 1.80 bits per heavy atom. The molecule has 0 bridgehead atoms. The van der Waals surface area contributed by atoms with E-state index in [9.17, 15) is 4.79 Å². The minimum Gasteiger partial charge on any atom is -0.368 e. The van der Waals surface area contributed by atoms with Gasteiger partial charge in [0.05, 0.1) is 0 Å². The van der Waals surface area contributed by atoms with Crippen LogP contribution in [0.3, 0.4) is 0 Å². The summed E-state index contributed by atoms with van der Waals surface area (Å²) in [4.78, 5) is 19.2. The molecule has 7 nitrogen and oxygen atoms in total. The molecule has 1 aromatic carbocycles. The number of allylic oxidation sites excluding steroid dienone is 1. The number of nitrogens with one attached hydrogen (secondary N) is 1. The minimum atomic E-state index is 0.0144. The van der Waals surface area contributed by atoms with E-state index >= 15 is 0 Å². The van der Waals surface area contributed by atoms with Gasteiger partial charge < -0.3 is 15.1 Å². The van der Waals surface area contributed by atoms with Crippen molar-refractivity contribution < 1.29 is 4.79 Å². The monoisotopic (exact) mass is 406 g/mol. The summed E-state index contributed by atoms with van der Waals surface area (Å²) in [6, 6.07) is 11.9. The van der Waals surface area contributed by atoms with Crippen LogP contribution >= 0.6 is 0 Å². The summed E-state index contributed by atoms with van der Waals surface area (Å²) in [6.45, 7) is 8.39. The molecule has 2 aliphatic rings. The fraction of sp³-hybridized carbons (Fsp3) is 0.522. The summed E-state index contributed by atoms with van der Waals surface area (Å²) in [7, 11) is 0. The summed E-state index contributed by atoms with van der Waals surface area (Å²) < 4.78 is 0. The first-order chi connectivity index (χ1) is 14.7. The van der Waals surface area contributed by atoms with Crippen LogP contribution in [0.1, 0.15) is 42.1 Å². The molecule has 1 aromatic rings. The van der Waals surface area contributed by atoms with Gasteiger partial charge in [0.1, 0.15) is 18.0 Å². The molecule has 1 N–H and O–H groups in total. The third-order valence-electron chi connectivity index (χ3n) is 5.82. The van der Waals surface area contributed by atoms with Gasteiger partial charge in [-0.2, -0.15) is 10.5 Å². The largest absolute Gasteiger partial charge is 0.368 e. The van der Waals surface area contributed by atoms with E-state index in [2.05, 4.69) is 22.3 Å². The van der Waals surface area contributed by atoms with Crippen molar-refractivity contribution >= 4 is 5.91 Å². The highest BCUT2D eigenvalue weighted by Crippen LogP contribution is 2.15. The van der Waals surface area contributed by atoms with Crippen molar-refractivity contribution in [1.82, 2.24) is 20.0 Å². The SMILES string of the molecule is CCN(CCN1CCNC1=C(C#N)C#N)C(=O)c1ccc(CN2CCCCC2)cc1. The average Bonchev–Trinajstić information content (AvgIpc) is 3.24. The number of piperidine rings is 1. The Labute approximate surface area is 179 Å². The summed E-state index contributed by atoms with van der Waals surface area (Å²) in [5, 5.41) is 21.4. The van der Waals surface area contributed by atoms with Crippen LogP contribution in [0.2, 0.25) is 0 Å². The van der Waals surface area contributed by atoms with Crippen molar-refractivity contribution in [3.05, 3.63) is 46.8 Å². The van der Waals surface area contributed by atoms with Crippen molar-refractivity contribution in [2.75, 3.05) is 45.8 Å². The molecule has 2 saturated heterocycles. The van der Waals surface area contributed by atoms with E-state index in [4.69, 9.17) is 10.5 Å². The Balaban J connectivity index is 1.58. The van der Waals surface area contributed by atoms with Gasteiger partial charge >= 0.3 is 0 Å². The molecule has 158 valence electrons. The zero-order valence-electron chi connectivity index (χ0n) is 17.7. The lowest BCUT2D eigenvalue weighted by atomic mass is 10.1. The Morgan fingerprint density at radius 1 is 1.10 bits per heavy atom. The number of amides is 1. The van der Waals surface area contributed by atoms with Gasteiger partial charge in [-0.05, 0) is 50.6 Å². The average molecular weight is 407 g/mol. The fourth-order valence-electron chi connectivity index (χ4n) is 4.09. The Morgan fingerprint density at radius 3 is 2.43 bits per heavy atom. The van der Waals surface area contributed by atoms with E-state index in [1.54, 1.807) is 0 Å². The zero-order chi connectivity index (χ0) is 21.3. The van der Waals surface area contributed by atoms with Crippen molar-refractivity contribution in [1.29, 1.82) is 10.5 Å². The maximum absolute atomic E-state index is 13.0. The van der Waals surface area contributed by atoms with E-state index < -0.39 is 0 Å². The number of hydrogen-bond acceptors (Lipinski definition) is 6. The first kappa shape index (κ1) is 21.7. The molecule has 0 radical (unpaired) electrons. The number of likely N-dealkylation sites (tertiary alicyclic amines) is 1. The van der Waals surface area contributed by atoms with Crippen molar-refractivity contribution in [3.63, 3.8) is 0 Å². The molecule has 0 atom stereocenters. The second kappa shape index (κ2) is 10.7. The second-order valence-electron chi connectivity index (χ2n) is 7.78. The number of carbonyl (C=O) groups excluding carboxylic acids is 1. The Bertz CT molecular complexity index is 826. The molecule has 1 amide bonds. The summed E-state index contributed by atoms with van der Waals surface area (Å²) in [5.41, 5.74) is 2.03. The van der Waals surface area contributed by atoms with Crippen molar-refractivity contribution in [2.45, 2.75) is 32.7 Å². The molecular formula is C23H30N6O. The Hall–Kier alpha value is -3.03. The van der Waals surface area contributed by atoms with Crippen LogP contribution in [0.25, 0.3) is 0 Å². The molecule has 2 heterocycles. The summed E-state index contributed by atoms with van der Waals surface area (Å²) >= 11 is 0. The molecule has 2 fully saturated rings. The maximum atomic E-state index is 13.0. The third kappa shape index (κ3) is 5.31. The minimum absolute atomic E-state index is 0.0144. The first-order valence-corrected chi connectivity index (χ1v) is 10.8. The number of likely N-dealkylation sites (N-methyl/N-ethyl adjacent to an activating group) is 1. The van der Waals surface area contributed by atoms with Gasteiger partial charge in [0.15, 0.2) is 5.57 Å². The molecule has 0 saturated carbocycles. The molecule has 2 aliphatic heterocycles. The number of nitrogens with zero attached hydrogens (tertiary/aromatic N) is 5. The predicted octanol–water partition coefficient (Wildman–Crippen LogP) is 2.30. The van der Waals surface area contributed by atoms with E-state index in [1.807, 2.05) is 41.0 Å². The number of carbonyl (C=O) groups is 1. The molecule has 0 aromatic heterocycles. The van der Waals surface area contributed by atoms with Gasteiger partial charge in [-0.1, -0.05) is 18.6 Å². The molecule has 0 unspecified atom stereocenters. The van der Waals surface area contributed by atoms with Crippen molar-refractivity contribution in [2.24, 2.45) is 0 Å². The quantitative estimate of drug-likeness (QED) is 0.699. The van der Waals surface area contributed by atoms with Crippen LogP contribution < -0.4 is 5.32 Å². The lowest BCUT2D eigenvalue weighted by molar-refractivity contribution is 0.0753. The normalized spacial score (nSPS) is 16.5. The van der Waals surface area contributed by atoms with Gasteiger partial charge in [0.25, 0.3) is 5.91 Å². The number of nitriles is 2. The van der Waals surface area contributed by atoms with Gasteiger partial charge in [-0.25, -0.2) is 0 Å². The Kier molecular flexibility index (Phi) is 7.70. The molecule has 30 heavy (non-hydrogen) atoms. The first-order valence-electron chi connectivity index (χ1n) is 10.8. The number of rotatable bonds is 7. The summed E-state index contributed by atoms with van der Waals surface area (Å²) in [6.07, 6.45) is 3.88. The number of hydrogen-bond donors (Lipinski definition) is 1. The van der Waals surface area contributed by atoms with E-state index in [1.165, 1.54) is 24.8 Å². The fourth-order valence-corrected chi connectivity index (χ4v) is 4.09. The van der Waals surface area contributed by atoms with Crippen LogP contribution in [0.4, 0.5) is 0 Å². The van der Waals surface area contributed by atoms with Crippen LogP contribution in [-0.2, 0) is 6.54 Å². The molecule has 0 spiro atoms. The summed E-state index contributed by atoms with van der Waals surface area (Å²) in [5.74, 6) is 0.589. The van der Waals surface area contributed by atoms with Gasteiger partial charge in [0.2, 0.25) is 0 Å². The topological polar surface area (TPSA) is 86.4 Å². The highest BCUT2D eigenvalue weighted by Gasteiger charge is 2.22. The van der Waals surface area contributed by atoms with Gasteiger partial charge in [-0.3, -0.25) is 9.69 Å². The maximum Gasteiger partial charge on any atom is 0.253 e. The predicted molar refractivity (Wildman–Crippen MR) is 115 cm³/mol. The van der Waals surface area contributed by atoms with E-state index in [0.717, 1.165) is 26.2 Å². The van der Waals surface area contributed by atoms with Crippen LogP contribution in [-0.4, -0.2) is 66.4 Å². The van der Waals surface area contributed by atoms with Gasteiger partial charge in [0, 0.05) is 44.8 Å². The van der Waals surface area contributed by atoms with Gasteiger partial charge in [-0.15, -0.1) is 0 Å². The van der Waals surface area contributed by atoms with E-state index in [0.29, 0.717) is 37.6 Å². The van der Waals surface area contributed by atoms with Crippen LogP contribution in [0.15, 0.2) is 35.7 Å². The molecule has 7 heteroatoms. The van der Waals surface area contributed by atoms with Crippen molar-refractivity contribution in [3.8, 4) is 12.1 Å². The molecular weight excluding hydrogens is 376 g/mol. The lowest BCUT2D eigenvalue weighted by Crippen LogP contribution is -2.38. The zero-order valence-corrected chi connectivity index (χ0v) is 17.7. The number of benzene rings is 1.